The van der Waals surface area contributed by atoms with Crippen LogP contribution in [0.5, 0.6) is 5.75 Å². The monoisotopic (exact) mass is 293 g/mol. The second-order valence-corrected chi connectivity index (χ2v) is 4.30. The van der Waals surface area contributed by atoms with Crippen molar-refractivity contribution in [2.45, 2.75) is 13.3 Å². The van der Waals surface area contributed by atoms with Crippen molar-refractivity contribution in [2.75, 3.05) is 19.7 Å². The summed E-state index contributed by atoms with van der Waals surface area (Å²) in [5.41, 5.74) is 5.47. The van der Waals surface area contributed by atoms with Crippen LogP contribution < -0.4 is 21.1 Å². The molecular formula is C14H19N3O4. The van der Waals surface area contributed by atoms with Gasteiger partial charge in [-0.25, -0.2) is 0 Å². The van der Waals surface area contributed by atoms with E-state index >= 15 is 0 Å². The first kappa shape index (κ1) is 16.5. The Hall–Kier alpha value is -2.57. The van der Waals surface area contributed by atoms with Crippen LogP contribution in [0.25, 0.3) is 0 Å². The molecule has 7 heteroatoms. The summed E-state index contributed by atoms with van der Waals surface area (Å²) in [6.45, 7) is 2.23. The zero-order valence-corrected chi connectivity index (χ0v) is 11.8. The second kappa shape index (κ2) is 8.57. The highest BCUT2D eigenvalue weighted by molar-refractivity contribution is 5.92. The van der Waals surface area contributed by atoms with Crippen LogP contribution in [-0.4, -0.2) is 37.4 Å². The van der Waals surface area contributed by atoms with E-state index in [0.717, 1.165) is 6.42 Å². The molecular weight excluding hydrogens is 274 g/mol. The van der Waals surface area contributed by atoms with Gasteiger partial charge in [0.05, 0.1) is 6.54 Å². The van der Waals surface area contributed by atoms with E-state index in [9.17, 15) is 14.4 Å². The van der Waals surface area contributed by atoms with Crippen molar-refractivity contribution in [3.05, 3.63) is 29.8 Å². The van der Waals surface area contributed by atoms with Crippen LogP contribution in [0.15, 0.2) is 24.3 Å². The van der Waals surface area contributed by atoms with Gasteiger partial charge in [0.25, 0.3) is 5.91 Å². The highest BCUT2D eigenvalue weighted by Gasteiger charge is 2.06. The van der Waals surface area contributed by atoms with Gasteiger partial charge in [0.2, 0.25) is 11.8 Å². The molecule has 0 radical (unpaired) electrons. The lowest BCUT2D eigenvalue weighted by atomic mass is 10.2. The molecule has 7 nitrogen and oxygen atoms in total. The first-order chi connectivity index (χ1) is 10.0. The number of nitrogens with one attached hydrogen (secondary N) is 2. The Morgan fingerprint density at radius 1 is 1.10 bits per heavy atom. The number of hydrogen-bond donors (Lipinski definition) is 3. The summed E-state index contributed by atoms with van der Waals surface area (Å²) >= 11 is 0. The maximum atomic E-state index is 11.5. The summed E-state index contributed by atoms with van der Waals surface area (Å²) in [5.74, 6) is -0.736. The van der Waals surface area contributed by atoms with E-state index in [1.165, 1.54) is 12.1 Å². The Balaban J connectivity index is 2.29. The van der Waals surface area contributed by atoms with Gasteiger partial charge in [-0.15, -0.1) is 0 Å². The lowest BCUT2D eigenvalue weighted by Gasteiger charge is -2.08. The predicted octanol–water partition coefficient (Wildman–Crippen LogP) is -0.193. The fourth-order valence-electron chi connectivity index (χ4n) is 1.42. The first-order valence-corrected chi connectivity index (χ1v) is 6.59. The van der Waals surface area contributed by atoms with Gasteiger partial charge in [-0.2, -0.15) is 0 Å². The SMILES string of the molecule is CCCNC(=O)CNC(=O)COc1ccc(C(N)=O)cc1. The number of primary amides is 1. The molecule has 0 heterocycles. The summed E-state index contributed by atoms with van der Waals surface area (Å²) in [6.07, 6.45) is 0.837. The maximum absolute atomic E-state index is 11.5. The molecule has 1 aromatic carbocycles. The minimum atomic E-state index is -0.530. The molecule has 1 rings (SSSR count). The molecule has 3 amide bonds. The molecule has 0 aliphatic carbocycles. The third kappa shape index (κ3) is 6.42. The van der Waals surface area contributed by atoms with Crippen molar-refractivity contribution in [2.24, 2.45) is 5.73 Å². The van der Waals surface area contributed by atoms with Gasteiger partial charge in [-0.05, 0) is 30.7 Å². The van der Waals surface area contributed by atoms with Crippen LogP contribution in [0.4, 0.5) is 0 Å². The average molecular weight is 293 g/mol. The van der Waals surface area contributed by atoms with Gasteiger partial charge in [-0.1, -0.05) is 6.92 Å². The van der Waals surface area contributed by atoms with Crippen molar-refractivity contribution >= 4 is 17.7 Å². The zero-order chi connectivity index (χ0) is 15.7. The third-order valence-corrected chi connectivity index (χ3v) is 2.53. The van der Waals surface area contributed by atoms with Gasteiger partial charge in [0.1, 0.15) is 5.75 Å². The minimum Gasteiger partial charge on any atom is -0.484 e. The molecule has 0 saturated heterocycles. The Morgan fingerprint density at radius 2 is 1.76 bits per heavy atom. The van der Waals surface area contributed by atoms with E-state index in [-0.39, 0.29) is 19.1 Å². The molecule has 4 N–H and O–H groups in total. The Labute approximate surface area is 122 Å². The number of carbonyl (C=O) groups excluding carboxylic acids is 3. The Kier molecular flexibility index (Phi) is 6.73. The molecule has 0 aliphatic heterocycles. The quantitative estimate of drug-likeness (QED) is 0.616. The molecule has 0 bridgehead atoms. The third-order valence-electron chi connectivity index (χ3n) is 2.53. The number of ether oxygens (including phenoxy) is 1. The van der Waals surface area contributed by atoms with Gasteiger partial charge < -0.3 is 21.1 Å². The molecule has 1 aromatic rings. The normalized spacial score (nSPS) is 9.76. The lowest BCUT2D eigenvalue weighted by molar-refractivity contribution is -0.127. The summed E-state index contributed by atoms with van der Waals surface area (Å²) in [6, 6.07) is 6.10. The van der Waals surface area contributed by atoms with Crippen LogP contribution in [0.3, 0.4) is 0 Å². The van der Waals surface area contributed by atoms with E-state index in [0.29, 0.717) is 17.9 Å². The molecule has 0 unspecified atom stereocenters. The Morgan fingerprint density at radius 3 is 2.33 bits per heavy atom. The molecule has 0 fully saturated rings. The number of amides is 3. The topological polar surface area (TPSA) is 111 Å². The maximum Gasteiger partial charge on any atom is 0.258 e. The van der Waals surface area contributed by atoms with E-state index in [1.807, 2.05) is 6.92 Å². The highest BCUT2D eigenvalue weighted by Crippen LogP contribution is 2.11. The first-order valence-electron chi connectivity index (χ1n) is 6.59. The van der Waals surface area contributed by atoms with Crippen molar-refractivity contribution < 1.29 is 19.1 Å². The summed E-state index contributed by atoms with van der Waals surface area (Å²) < 4.78 is 5.22. The molecule has 0 atom stereocenters. The second-order valence-electron chi connectivity index (χ2n) is 4.30. The number of rotatable bonds is 8. The molecule has 0 aliphatic rings. The van der Waals surface area contributed by atoms with Crippen LogP contribution >= 0.6 is 0 Å². The van der Waals surface area contributed by atoms with E-state index in [2.05, 4.69) is 10.6 Å². The summed E-state index contributed by atoms with van der Waals surface area (Å²) in [5, 5.41) is 5.08. The minimum absolute atomic E-state index is 0.0805. The smallest absolute Gasteiger partial charge is 0.258 e. The Bertz CT molecular complexity index is 499. The fraction of sp³-hybridized carbons (Fsp3) is 0.357. The van der Waals surface area contributed by atoms with Crippen LogP contribution in [0, 0.1) is 0 Å². The number of hydrogen-bond acceptors (Lipinski definition) is 4. The van der Waals surface area contributed by atoms with E-state index in [4.69, 9.17) is 10.5 Å². The van der Waals surface area contributed by atoms with Gasteiger partial charge in [0, 0.05) is 12.1 Å². The van der Waals surface area contributed by atoms with Crippen molar-refractivity contribution in [3.63, 3.8) is 0 Å². The van der Waals surface area contributed by atoms with Crippen LogP contribution in [0.2, 0.25) is 0 Å². The lowest BCUT2D eigenvalue weighted by Crippen LogP contribution is -2.39. The summed E-state index contributed by atoms with van der Waals surface area (Å²) in [7, 11) is 0. The molecule has 0 aromatic heterocycles. The van der Waals surface area contributed by atoms with Crippen LogP contribution in [-0.2, 0) is 9.59 Å². The summed E-state index contributed by atoms with van der Waals surface area (Å²) in [4.78, 5) is 33.6. The predicted molar refractivity (Wildman–Crippen MR) is 76.8 cm³/mol. The van der Waals surface area contributed by atoms with Crippen molar-refractivity contribution in [1.29, 1.82) is 0 Å². The van der Waals surface area contributed by atoms with E-state index in [1.54, 1.807) is 12.1 Å². The van der Waals surface area contributed by atoms with Gasteiger partial charge in [-0.3, -0.25) is 14.4 Å². The molecule has 114 valence electrons. The molecule has 0 saturated carbocycles. The van der Waals surface area contributed by atoms with Crippen molar-refractivity contribution in [3.8, 4) is 5.75 Å². The molecule has 21 heavy (non-hydrogen) atoms. The number of nitrogens with two attached hydrogens (primary N) is 1. The van der Waals surface area contributed by atoms with Gasteiger partial charge >= 0.3 is 0 Å². The van der Waals surface area contributed by atoms with Crippen molar-refractivity contribution in [1.82, 2.24) is 10.6 Å². The number of benzene rings is 1. The average Bonchev–Trinajstić information content (AvgIpc) is 2.49. The largest absolute Gasteiger partial charge is 0.484 e. The molecule has 0 spiro atoms. The van der Waals surface area contributed by atoms with Gasteiger partial charge in [0.15, 0.2) is 6.61 Å². The van der Waals surface area contributed by atoms with E-state index < -0.39 is 11.8 Å². The zero-order valence-electron chi connectivity index (χ0n) is 11.8. The number of carbonyl (C=O) groups is 3. The standard InChI is InChI=1S/C14H19N3O4/c1-2-7-16-12(18)8-17-13(19)9-21-11-5-3-10(4-6-11)14(15)20/h3-6H,2,7-9H2,1H3,(H2,15,20)(H,16,18)(H,17,19). The highest BCUT2D eigenvalue weighted by atomic mass is 16.5. The van der Waals surface area contributed by atoms with Crippen LogP contribution in [0.1, 0.15) is 23.7 Å². The fourth-order valence-corrected chi connectivity index (χ4v) is 1.42.